The molecule has 0 saturated carbocycles. The molecule has 0 radical (unpaired) electrons. The molecule has 8 heteroatoms. The first-order chi connectivity index (χ1) is 14.7. The first-order valence-electron chi connectivity index (χ1n) is 10.1. The number of amides is 3. The van der Waals surface area contributed by atoms with Gasteiger partial charge in [0.1, 0.15) is 0 Å². The van der Waals surface area contributed by atoms with Gasteiger partial charge in [0.25, 0.3) is 17.7 Å². The molecule has 2 aromatic carbocycles. The fourth-order valence-electron chi connectivity index (χ4n) is 3.00. The van der Waals surface area contributed by atoms with Gasteiger partial charge in [0.15, 0.2) is 0 Å². The average Bonchev–Trinajstić information content (AvgIpc) is 2.80. The van der Waals surface area contributed by atoms with Crippen LogP contribution in [0.5, 0.6) is 0 Å². The van der Waals surface area contributed by atoms with Crippen molar-refractivity contribution in [2.24, 2.45) is 5.84 Å². The third-order valence-corrected chi connectivity index (χ3v) is 5.16. The Morgan fingerprint density at radius 1 is 1.00 bits per heavy atom. The Kier molecular flexibility index (Phi) is 8.30. The Hall–Kier alpha value is -3.23. The molecule has 0 heterocycles. The standard InChI is InChI=1S/C23H30N4O4/c1-5-6-16-31-25-21(29)23(2,22(30)27(4)24)26(3)20(28)19-14-12-18(13-15-19)17-10-8-7-9-11-17/h7-15H,5-6,16,24H2,1-4H3,(H,25,29)/t23-/m1/s1. The number of rotatable bonds is 9. The second-order valence-electron chi connectivity index (χ2n) is 7.43. The number of unbranched alkanes of at least 4 members (excludes halogenated alkanes) is 1. The fourth-order valence-corrected chi connectivity index (χ4v) is 3.00. The Bertz CT molecular complexity index is 900. The second-order valence-corrected chi connectivity index (χ2v) is 7.43. The highest BCUT2D eigenvalue weighted by Crippen LogP contribution is 2.23. The number of hydrogen-bond acceptors (Lipinski definition) is 5. The number of hydrogen-bond donors (Lipinski definition) is 2. The van der Waals surface area contributed by atoms with Gasteiger partial charge in [-0.05, 0) is 36.6 Å². The van der Waals surface area contributed by atoms with Crippen molar-refractivity contribution in [1.82, 2.24) is 15.4 Å². The smallest absolute Gasteiger partial charge is 0.279 e. The summed E-state index contributed by atoms with van der Waals surface area (Å²) in [6, 6.07) is 16.7. The minimum atomic E-state index is -1.90. The first-order valence-corrected chi connectivity index (χ1v) is 10.1. The van der Waals surface area contributed by atoms with Gasteiger partial charge in [0.05, 0.1) is 6.61 Å². The highest BCUT2D eigenvalue weighted by Gasteiger charge is 2.49. The highest BCUT2D eigenvalue weighted by atomic mass is 16.7. The van der Waals surface area contributed by atoms with Crippen LogP contribution in [0.1, 0.15) is 37.0 Å². The summed E-state index contributed by atoms with van der Waals surface area (Å²) >= 11 is 0. The zero-order chi connectivity index (χ0) is 23.0. The van der Waals surface area contributed by atoms with E-state index >= 15 is 0 Å². The molecule has 1 atom stereocenters. The molecule has 0 fully saturated rings. The number of hydrazine groups is 1. The molecule has 166 valence electrons. The van der Waals surface area contributed by atoms with Gasteiger partial charge >= 0.3 is 0 Å². The number of benzene rings is 2. The predicted molar refractivity (Wildman–Crippen MR) is 118 cm³/mol. The summed E-state index contributed by atoms with van der Waals surface area (Å²) in [7, 11) is 2.71. The third kappa shape index (κ3) is 5.48. The summed E-state index contributed by atoms with van der Waals surface area (Å²) in [6.45, 7) is 3.62. The maximum atomic E-state index is 13.1. The van der Waals surface area contributed by atoms with Crippen LogP contribution in [0.15, 0.2) is 54.6 Å². The van der Waals surface area contributed by atoms with E-state index in [4.69, 9.17) is 10.7 Å². The molecular weight excluding hydrogens is 396 g/mol. The van der Waals surface area contributed by atoms with Crippen LogP contribution in [0.3, 0.4) is 0 Å². The zero-order valence-corrected chi connectivity index (χ0v) is 18.4. The maximum Gasteiger partial charge on any atom is 0.279 e. The molecule has 2 rings (SSSR count). The van der Waals surface area contributed by atoms with Crippen molar-refractivity contribution in [3.05, 3.63) is 60.2 Å². The summed E-state index contributed by atoms with van der Waals surface area (Å²) < 4.78 is 0. The van der Waals surface area contributed by atoms with Gasteiger partial charge in [-0.25, -0.2) is 11.3 Å². The van der Waals surface area contributed by atoms with Gasteiger partial charge in [-0.1, -0.05) is 55.8 Å². The van der Waals surface area contributed by atoms with Crippen molar-refractivity contribution in [1.29, 1.82) is 0 Å². The van der Waals surface area contributed by atoms with Crippen LogP contribution in [0.2, 0.25) is 0 Å². The number of carbonyl (C=O) groups excluding carboxylic acids is 3. The van der Waals surface area contributed by atoms with Crippen LogP contribution >= 0.6 is 0 Å². The van der Waals surface area contributed by atoms with Gasteiger partial charge in [-0.2, -0.15) is 0 Å². The lowest BCUT2D eigenvalue weighted by Crippen LogP contribution is -2.66. The number of nitrogens with one attached hydrogen (secondary N) is 1. The van der Waals surface area contributed by atoms with Crippen molar-refractivity contribution < 1.29 is 19.2 Å². The molecule has 0 saturated heterocycles. The second kappa shape index (κ2) is 10.7. The van der Waals surface area contributed by atoms with Crippen molar-refractivity contribution >= 4 is 17.7 Å². The summed E-state index contributed by atoms with van der Waals surface area (Å²) in [5, 5.41) is 0.786. The van der Waals surface area contributed by atoms with Gasteiger partial charge in [0.2, 0.25) is 5.54 Å². The van der Waals surface area contributed by atoms with Crippen molar-refractivity contribution in [3.63, 3.8) is 0 Å². The van der Waals surface area contributed by atoms with Crippen molar-refractivity contribution in [2.75, 3.05) is 20.7 Å². The van der Waals surface area contributed by atoms with Crippen LogP contribution in [0.25, 0.3) is 11.1 Å². The molecule has 0 spiro atoms. The van der Waals surface area contributed by atoms with Crippen LogP contribution in [-0.4, -0.2) is 53.9 Å². The van der Waals surface area contributed by atoms with E-state index in [1.165, 1.54) is 21.0 Å². The van der Waals surface area contributed by atoms with Gasteiger partial charge in [-0.3, -0.25) is 24.2 Å². The van der Waals surface area contributed by atoms with E-state index in [0.29, 0.717) is 12.2 Å². The molecule has 0 bridgehead atoms. The monoisotopic (exact) mass is 426 g/mol. The first kappa shape index (κ1) is 24.0. The van der Waals surface area contributed by atoms with E-state index in [-0.39, 0.29) is 0 Å². The van der Waals surface area contributed by atoms with E-state index in [1.54, 1.807) is 12.1 Å². The minimum absolute atomic E-state index is 0.295. The van der Waals surface area contributed by atoms with E-state index in [1.807, 2.05) is 49.4 Å². The third-order valence-electron chi connectivity index (χ3n) is 5.16. The molecule has 8 nitrogen and oxygen atoms in total. The summed E-state index contributed by atoms with van der Waals surface area (Å²) in [5.41, 5.74) is 2.68. The summed E-state index contributed by atoms with van der Waals surface area (Å²) in [6.07, 6.45) is 1.62. The lowest BCUT2D eigenvalue weighted by atomic mass is 9.96. The van der Waals surface area contributed by atoms with Crippen LogP contribution in [0.4, 0.5) is 0 Å². The van der Waals surface area contributed by atoms with Crippen LogP contribution < -0.4 is 11.3 Å². The Balaban J connectivity index is 2.26. The number of nitrogens with zero attached hydrogens (tertiary/aromatic N) is 2. The molecule has 3 N–H and O–H groups in total. The van der Waals surface area contributed by atoms with Crippen LogP contribution in [0, 0.1) is 0 Å². The quantitative estimate of drug-likeness (QED) is 0.211. The Morgan fingerprint density at radius 2 is 1.58 bits per heavy atom. The Morgan fingerprint density at radius 3 is 2.13 bits per heavy atom. The van der Waals surface area contributed by atoms with Gasteiger partial charge in [0, 0.05) is 19.7 Å². The highest BCUT2D eigenvalue weighted by molar-refractivity contribution is 6.12. The molecule has 3 amide bonds. The van der Waals surface area contributed by atoms with E-state index in [2.05, 4.69) is 5.48 Å². The lowest BCUT2D eigenvalue weighted by molar-refractivity contribution is -0.156. The van der Waals surface area contributed by atoms with E-state index in [9.17, 15) is 14.4 Å². The molecule has 0 aliphatic heterocycles. The van der Waals surface area contributed by atoms with E-state index in [0.717, 1.165) is 33.9 Å². The number of likely N-dealkylation sites (N-methyl/N-ethyl adjacent to an activating group) is 2. The summed E-state index contributed by atoms with van der Waals surface area (Å²) in [4.78, 5) is 45.0. The normalized spacial score (nSPS) is 12.5. The minimum Gasteiger partial charge on any atom is -0.319 e. The van der Waals surface area contributed by atoms with Crippen molar-refractivity contribution in [2.45, 2.75) is 32.2 Å². The maximum absolute atomic E-state index is 13.1. The SMILES string of the molecule is CCCCONC(=O)[C@](C)(C(=O)N(C)N)N(C)C(=O)c1ccc(-c2ccccc2)cc1. The van der Waals surface area contributed by atoms with Gasteiger partial charge < -0.3 is 4.90 Å². The molecule has 0 aliphatic carbocycles. The lowest BCUT2D eigenvalue weighted by Gasteiger charge is -2.37. The Labute approximate surface area is 182 Å². The van der Waals surface area contributed by atoms with E-state index < -0.39 is 23.3 Å². The number of carbonyl (C=O) groups is 3. The molecule has 0 aromatic heterocycles. The molecule has 0 unspecified atom stereocenters. The van der Waals surface area contributed by atoms with Crippen molar-refractivity contribution in [3.8, 4) is 11.1 Å². The van der Waals surface area contributed by atoms with Crippen LogP contribution in [-0.2, 0) is 14.4 Å². The largest absolute Gasteiger partial charge is 0.319 e. The summed E-state index contributed by atoms with van der Waals surface area (Å²) in [5.74, 6) is 3.60. The predicted octanol–water partition coefficient (Wildman–Crippen LogP) is 2.36. The average molecular weight is 427 g/mol. The molecular formula is C23H30N4O4. The number of hydroxylamine groups is 1. The molecule has 0 aliphatic rings. The van der Waals surface area contributed by atoms with Gasteiger partial charge in [-0.15, -0.1) is 0 Å². The number of nitrogens with two attached hydrogens (primary N) is 1. The fraction of sp³-hybridized carbons (Fsp3) is 0.348. The molecule has 31 heavy (non-hydrogen) atoms. The molecule has 2 aromatic rings. The zero-order valence-electron chi connectivity index (χ0n) is 18.4. The topological polar surface area (TPSA) is 105 Å².